The molecule has 0 amide bonds. The summed E-state index contributed by atoms with van der Waals surface area (Å²) in [6, 6.07) is 6.90. The molecule has 0 saturated heterocycles. The summed E-state index contributed by atoms with van der Waals surface area (Å²) in [5, 5.41) is 0. The number of halogens is 1. The van der Waals surface area contributed by atoms with Gasteiger partial charge < -0.3 is 0 Å². The molecule has 0 aliphatic heterocycles. The third-order valence-electron chi connectivity index (χ3n) is 3.79. The second kappa shape index (κ2) is 6.12. The average Bonchev–Trinajstić information content (AvgIpc) is 2.62. The summed E-state index contributed by atoms with van der Waals surface area (Å²) < 4.78 is 13.8. The highest BCUT2D eigenvalue weighted by Gasteiger charge is 2.25. The Morgan fingerprint density at radius 3 is 2.35 bits per heavy atom. The van der Waals surface area contributed by atoms with Gasteiger partial charge in [-0.25, -0.2) is 4.39 Å². The van der Waals surface area contributed by atoms with Crippen molar-refractivity contribution in [3.05, 3.63) is 35.6 Å². The van der Waals surface area contributed by atoms with Crippen molar-refractivity contribution in [2.24, 2.45) is 11.8 Å². The smallest absolute Gasteiger partial charge is 0.128 e. The van der Waals surface area contributed by atoms with Crippen molar-refractivity contribution in [1.82, 2.24) is 5.43 Å². The van der Waals surface area contributed by atoms with E-state index in [9.17, 15) is 4.39 Å². The van der Waals surface area contributed by atoms with Crippen LogP contribution in [0.4, 0.5) is 4.39 Å². The van der Waals surface area contributed by atoms with Crippen LogP contribution in [0.2, 0.25) is 0 Å². The number of hydrogen-bond acceptors (Lipinski definition) is 2. The first-order chi connectivity index (χ1) is 8.33. The minimum Gasteiger partial charge on any atom is -0.271 e. The molecule has 1 fully saturated rings. The summed E-state index contributed by atoms with van der Waals surface area (Å²) in [5.41, 5.74) is 3.53. The van der Waals surface area contributed by atoms with Gasteiger partial charge in [-0.3, -0.25) is 11.3 Å². The fourth-order valence-corrected chi connectivity index (χ4v) is 2.85. The van der Waals surface area contributed by atoms with Crippen molar-refractivity contribution in [1.29, 1.82) is 0 Å². The van der Waals surface area contributed by atoms with Crippen LogP contribution in [0.15, 0.2) is 24.3 Å². The number of nitrogens with one attached hydrogen (secondary N) is 1. The summed E-state index contributed by atoms with van der Waals surface area (Å²) in [5.74, 6) is 5.94. The molecule has 3 heteroatoms. The van der Waals surface area contributed by atoms with Gasteiger partial charge in [-0.1, -0.05) is 43.9 Å². The van der Waals surface area contributed by atoms with Crippen LogP contribution in [-0.4, -0.2) is 0 Å². The summed E-state index contributed by atoms with van der Waals surface area (Å²) in [6.45, 7) is 0. The van der Waals surface area contributed by atoms with Gasteiger partial charge in [0.1, 0.15) is 5.82 Å². The molecule has 17 heavy (non-hydrogen) atoms. The summed E-state index contributed by atoms with van der Waals surface area (Å²) in [6.07, 6.45) is 7.34. The highest BCUT2D eigenvalue weighted by molar-refractivity contribution is 5.21. The average molecular weight is 236 g/mol. The van der Waals surface area contributed by atoms with Gasteiger partial charge in [0, 0.05) is 5.56 Å². The molecule has 0 spiro atoms. The molecule has 2 rings (SSSR count). The van der Waals surface area contributed by atoms with Crippen molar-refractivity contribution in [3.63, 3.8) is 0 Å². The molecule has 1 atom stereocenters. The van der Waals surface area contributed by atoms with Crippen molar-refractivity contribution in [3.8, 4) is 0 Å². The Kier molecular flexibility index (Phi) is 4.51. The second-order valence-corrected chi connectivity index (χ2v) is 4.92. The van der Waals surface area contributed by atoms with Crippen LogP contribution >= 0.6 is 0 Å². The number of benzene rings is 1. The molecule has 0 radical (unpaired) electrons. The van der Waals surface area contributed by atoms with Crippen LogP contribution in [0, 0.1) is 11.7 Å². The van der Waals surface area contributed by atoms with Gasteiger partial charge in [-0.05, 0) is 24.8 Å². The maximum atomic E-state index is 13.8. The zero-order valence-corrected chi connectivity index (χ0v) is 10.2. The molecule has 0 heterocycles. The van der Waals surface area contributed by atoms with Crippen LogP contribution in [0.3, 0.4) is 0 Å². The van der Waals surface area contributed by atoms with Gasteiger partial charge in [0.15, 0.2) is 0 Å². The predicted octanol–water partition coefficient (Wildman–Crippen LogP) is 3.30. The Morgan fingerprint density at radius 1 is 1.12 bits per heavy atom. The first-order valence-corrected chi connectivity index (χ1v) is 6.53. The van der Waals surface area contributed by atoms with Crippen molar-refractivity contribution in [2.75, 3.05) is 0 Å². The molecular formula is C14H21FN2. The lowest BCUT2D eigenvalue weighted by molar-refractivity contribution is 0.321. The van der Waals surface area contributed by atoms with Gasteiger partial charge in [-0.2, -0.15) is 0 Å². The van der Waals surface area contributed by atoms with E-state index in [4.69, 9.17) is 5.84 Å². The zero-order valence-electron chi connectivity index (χ0n) is 10.2. The first-order valence-electron chi connectivity index (χ1n) is 6.53. The zero-order chi connectivity index (χ0) is 12.1. The topological polar surface area (TPSA) is 38.0 Å². The van der Waals surface area contributed by atoms with Crippen molar-refractivity contribution >= 4 is 0 Å². The van der Waals surface area contributed by atoms with Crippen LogP contribution in [0.25, 0.3) is 0 Å². The molecule has 3 N–H and O–H groups in total. The van der Waals surface area contributed by atoms with E-state index in [1.165, 1.54) is 31.7 Å². The molecule has 1 aliphatic carbocycles. The molecule has 1 unspecified atom stereocenters. The van der Waals surface area contributed by atoms with E-state index in [0.717, 1.165) is 12.8 Å². The van der Waals surface area contributed by atoms with Gasteiger partial charge in [0.2, 0.25) is 0 Å². The third-order valence-corrected chi connectivity index (χ3v) is 3.79. The van der Waals surface area contributed by atoms with E-state index in [1.54, 1.807) is 6.07 Å². The first kappa shape index (κ1) is 12.5. The van der Waals surface area contributed by atoms with Crippen LogP contribution in [-0.2, 0) is 0 Å². The fraction of sp³-hybridized carbons (Fsp3) is 0.571. The maximum Gasteiger partial charge on any atom is 0.128 e. The van der Waals surface area contributed by atoms with E-state index < -0.39 is 0 Å². The highest BCUT2D eigenvalue weighted by atomic mass is 19.1. The molecule has 2 nitrogen and oxygen atoms in total. The van der Waals surface area contributed by atoms with Crippen LogP contribution < -0.4 is 11.3 Å². The van der Waals surface area contributed by atoms with Gasteiger partial charge in [0.05, 0.1) is 6.04 Å². The van der Waals surface area contributed by atoms with Crippen molar-refractivity contribution < 1.29 is 4.39 Å². The lowest BCUT2D eigenvalue weighted by atomic mass is 9.87. The van der Waals surface area contributed by atoms with Gasteiger partial charge in [-0.15, -0.1) is 0 Å². The van der Waals surface area contributed by atoms with E-state index in [0.29, 0.717) is 11.5 Å². The molecule has 1 aromatic rings. The number of nitrogens with two attached hydrogens (primary N) is 1. The monoisotopic (exact) mass is 236 g/mol. The summed E-state index contributed by atoms with van der Waals surface area (Å²) in [4.78, 5) is 0. The number of rotatable bonds is 3. The van der Waals surface area contributed by atoms with E-state index >= 15 is 0 Å². The van der Waals surface area contributed by atoms with Gasteiger partial charge >= 0.3 is 0 Å². The van der Waals surface area contributed by atoms with Crippen LogP contribution in [0.5, 0.6) is 0 Å². The molecule has 0 aromatic heterocycles. The van der Waals surface area contributed by atoms with Gasteiger partial charge in [0.25, 0.3) is 0 Å². The Hall–Kier alpha value is -0.930. The minimum absolute atomic E-state index is 0.0469. The molecule has 1 aliphatic rings. The Balaban J connectivity index is 2.17. The molecule has 1 aromatic carbocycles. The van der Waals surface area contributed by atoms with Crippen molar-refractivity contribution in [2.45, 2.75) is 44.6 Å². The molecule has 1 saturated carbocycles. The Bertz CT molecular complexity index is 346. The molecule has 0 bridgehead atoms. The Morgan fingerprint density at radius 2 is 1.76 bits per heavy atom. The fourth-order valence-electron chi connectivity index (χ4n) is 2.85. The highest BCUT2D eigenvalue weighted by Crippen LogP contribution is 2.33. The summed E-state index contributed by atoms with van der Waals surface area (Å²) >= 11 is 0. The van der Waals surface area contributed by atoms with E-state index in [2.05, 4.69) is 5.43 Å². The quantitative estimate of drug-likeness (QED) is 0.480. The number of hydrogen-bond donors (Lipinski definition) is 2. The van der Waals surface area contributed by atoms with Crippen LogP contribution in [0.1, 0.15) is 50.1 Å². The SMILES string of the molecule is NNC(c1ccccc1F)C1CCCCCC1. The molecular weight excluding hydrogens is 215 g/mol. The Labute approximate surface area is 102 Å². The maximum absolute atomic E-state index is 13.8. The normalized spacial score (nSPS) is 19.9. The van der Waals surface area contributed by atoms with E-state index in [-0.39, 0.29) is 11.9 Å². The largest absolute Gasteiger partial charge is 0.271 e. The molecule has 94 valence electrons. The lowest BCUT2D eigenvalue weighted by Crippen LogP contribution is -2.34. The second-order valence-electron chi connectivity index (χ2n) is 4.92. The summed E-state index contributed by atoms with van der Waals surface area (Å²) in [7, 11) is 0. The third kappa shape index (κ3) is 3.05. The standard InChI is InChI=1S/C14H21FN2/c15-13-10-6-5-9-12(13)14(17-16)11-7-3-1-2-4-8-11/h5-6,9-11,14,17H,1-4,7-8,16H2. The predicted molar refractivity (Wildman–Crippen MR) is 67.7 cm³/mol. The number of hydrazine groups is 1. The lowest BCUT2D eigenvalue weighted by Gasteiger charge is -2.26. The van der Waals surface area contributed by atoms with E-state index in [1.807, 2.05) is 12.1 Å². The minimum atomic E-state index is -0.153.